The molecule has 33 heavy (non-hydrogen) atoms. The molecule has 0 saturated carbocycles. The molecule has 0 aliphatic rings. The molecule has 1 unspecified atom stereocenters. The summed E-state index contributed by atoms with van der Waals surface area (Å²) in [5, 5.41) is 8.14. The second-order valence-electron chi connectivity index (χ2n) is 6.66. The molecule has 0 aromatic heterocycles. The van der Waals surface area contributed by atoms with Crippen LogP contribution in [0.15, 0.2) is 49.6 Å². The van der Waals surface area contributed by atoms with Gasteiger partial charge in [-0.2, -0.15) is 0 Å². The monoisotopic (exact) mass is 468 g/mol. The lowest BCUT2D eigenvalue weighted by molar-refractivity contribution is -0.139. The third-order valence-electron chi connectivity index (χ3n) is 3.95. The van der Waals surface area contributed by atoms with Gasteiger partial charge in [-0.15, -0.1) is 0 Å². The van der Waals surface area contributed by atoms with E-state index in [1.165, 1.54) is 32.1 Å². The van der Waals surface area contributed by atoms with Gasteiger partial charge < -0.3 is 19.3 Å². The van der Waals surface area contributed by atoms with Gasteiger partial charge in [0.25, 0.3) is 0 Å². The average molecular weight is 469 g/mol. The van der Waals surface area contributed by atoms with E-state index in [2.05, 4.69) is 43.1 Å². The van der Waals surface area contributed by atoms with Crippen molar-refractivity contribution in [3.8, 4) is 0 Å². The van der Waals surface area contributed by atoms with Crippen LogP contribution in [-0.2, 0) is 33.4 Å². The maximum Gasteiger partial charge on any atom is 0.337 e. The summed E-state index contributed by atoms with van der Waals surface area (Å²) in [4.78, 5) is 41.6. The van der Waals surface area contributed by atoms with Crippen LogP contribution in [0.3, 0.4) is 0 Å². The molecule has 0 radical (unpaired) electrons. The summed E-state index contributed by atoms with van der Waals surface area (Å²) in [5.74, 6) is -1.89. The highest BCUT2D eigenvalue weighted by atomic mass is 16.5. The van der Waals surface area contributed by atoms with Crippen LogP contribution in [0.2, 0.25) is 0 Å². The molecule has 0 spiro atoms. The first-order valence-corrected chi connectivity index (χ1v) is 10.9. The van der Waals surface area contributed by atoms with E-state index in [0.717, 1.165) is 37.8 Å². The van der Waals surface area contributed by atoms with Gasteiger partial charge in [-0.1, -0.05) is 66.2 Å². The number of ether oxygens (including phenoxy) is 3. The van der Waals surface area contributed by atoms with E-state index in [9.17, 15) is 19.2 Å². The van der Waals surface area contributed by atoms with Crippen LogP contribution in [0.5, 0.6) is 0 Å². The average Bonchev–Trinajstić information content (AvgIpc) is 2.82. The Bertz CT molecular complexity index is 634. The normalized spacial score (nSPS) is 10.3. The van der Waals surface area contributed by atoms with E-state index >= 15 is 0 Å². The highest BCUT2D eigenvalue weighted by Crippen LogP contribution is 2.12. The van der Waals surface area contributed by atoms with E-state index in [1.807, 2.05) is 6.92 Å². The number of hydrogen-bond acceptors (Lipinski definition) is 7. The summed E-state index contributed by atoms with van der Waals surface area (Å²) in [7, 11) is 1.20. The van der Waals surface area contributed by atoms with E-state index in [1.54, 1.807) is 0 Å². The first kappa shape index (κ1) is 34.5. The molecule has 188 valence electrons. The number of aliphatic carboxylic acids is 1. The number of rotatable bonds is 14. The largest absolute Gasteiger partial charge is 0.478 e. The smallest absolute Gasteiger partial charge is 0.337 e. The Balaban J connectivity index is -0.000000416. The number of carbonyl (C=O) groups excluding carboxylic acids is 3. The molecule has 0 saturated heterocycles. The van der Waals surface area contributed by atoms with Crippen molar-refractivity contribution in [3.63, 3.8) is 0 Å². The van der Waals surface area contributed by atoms with Gasteiger partial charge in [0.15, 0.2) is 0 Å². The Labute approximate surface area is 198 Å². The first-order valence-electron chi connectivity index (χ1n) is 10.9. The van der Waals surface area contributed by atoms with Crippen LogP contribution in [0.1, 0.15) is 59.3 Å². The molecule has 0 heterocycles. The maximum atomic E-state index is 10.8. The number of carboxylic acids is 1. The zero-order valence-electron chi connectivity index (χ0n) is 20.5. The van der Waals surface area contributed by atoms with Gasteiger partial charge in [-0.25, -0.2) is 19.2 Å². The zero-order valence-corrected chi connectivity index (χ0v) is 20.5. The fourth-order valence-electron chi connectivity index (χ4n) is 1.90. The Hall–Kier alpha value is -3.16. The number of hydrogen-bond donors (Lipinski definition) is 1. The maximum absolute atomic E-state index is 10.8. The molecular formula is C25H40O8. The van der Waals surface area contributed by atoms with Crippen LogP contribution in [0.25, 0.3) is 0 Å². The lowest BCUT2D eigenvalue weighted by Gasteiger charge is -2.13. The van der Waals surface area contributed by atoms with E-state index < -0.39 is 11.9 Å². The topological polar surface area (TPSA) is 116 Å². The van der Waals surface area contributed by atoms with Crippen LogP contribution in [0.4, 0.5) is 0 Å². The molecule has 1 atom stereocenters. The van der Waals surface area contributed by atoms with E-state index in [-0.39, 0.29) is 17.5 Å². The summed E-state index contributed by atoms with van der Waals surface area (Å²) >= 11 is 0. The minimum Gasteiger partial charge on any atom is -0.478 e. The molecular weight excluding hydrogens is 428 g/mol. The highest BCUT2D eigenvalue weighted by Gasteiger charge is 2.07. The molecule has 0 fully saturated rings. The fraction of sp³-hybridized carbons (Fsp3) is 0.520. The zero-order chi connectivity index (χ0) is 26.1. The molecule has 0 aromatic carbocycles. The summed E-state index contributed by atoms with van der Waals surface area (Å²) < 4.78 is 13.9. The quantitative estimate of drug-likeness (QED) is 0.127. The second-order valence-corrected chi connectivity index (χ2v) is 6.66. The molecule has 0 aromatic rings. The number of carboxylic acid groups (broad SMARTS) is 1. The molecule has 0 rings (SSSR count). The van der Waals surface area contributed by atoms with Crippen molar-refractivity contribution in [2.45, 2.75) is 59.3 Å². The summed E-state index contributed by atoms with van der Waals surface area (Å²) in [6.45, 7) is 17.3. The lowest BCUT2D eigenvalue weighted by atomic mass is 10.0. The van der Waals surface area contributed by atoms with Gasteiger partial charge in [-0.3, -0.25) is 0 Å². The van der Waals surface area contributed by atoms with Crippen LogP contribution in [0, 0.1) is 5.92 Å². The summed E-state index contributed by atoms with van der Waals surface area (Å²) in [5.41, 5.74) is 0.00917. The number of carbonyl (C=O) groups is 4. The molecule has 0 bridgehead atoms. The number of methoxy groups -OCH3 is 1. The lowest BCUT2D eigenvalue weighted by Crippen LogP contribution is -2.12. The molecule has 0 amide bonds. The van der Waals surface area contributed by atoms with Crippen LogP contribution in [-0.4, -0.2) is 49.3 Å². The summed E-state index contributed by atoms with van der Waals surface area (Å²) in [6.07, 6.45) is 10.9. The van der Waals surface area contributed by atoms with Crippen molar-refractivity contribution in [1.82, 2.24) is 0 Å². The van der Waals surface area contributed by atoms with E-state index in [4.69, 9.17) is 9.84 Å². The van der Waals surface area contributed by atoms with Crippen LogP contribution < -0.4 is 0 Å². The predicted octanol–water partition coefficient (Wildman–Crippen LogP) is 4.80. The van der Waals surface area contributed by atoms with Crippen molar-refractivity contribution >= 4 is 23.9 Å². The van der Waals surface area contributed by atoms with Crippen molar-refractivity contribution in [1.29, 1.82) is 0 Å². The van der Waals surface area contributed by atoms with Gasteiger partial charge in [0, 0.05) is 18.2 Å². The molecule has 8 nitrogen and oxygen atoms in total. The van der Waals surface area contributed by atoms with Crippen LogP contribution >= 0.6 is 0 Å². The van der Waals surface area contributed by atoms with Gasteiger partial charge in [-0.05, 0) is 24.8 Å². The Morgan fingerprint density at radius 3 is 1.88 bits per heavy atom. The van der Waals surface area contributed by atoms with Crippen molar-refractivity contribution in [3.05, 3.63) is 49.6 Å². The highest BCUT2D eigenvalue weighted by molar-refractivity contribution is 5.92. The standard InChI is InChI=1S/C11H20O2.C7H8O4.C7H12O2/c1-4-7-8-10(5-2)9-13-11(12)6-3;1-5(7(10)11-2)3-4-6(8)9;1-3-5-6-9-7(8)4-2/h6,10H,3-5,7-9H2,1-2H3;3-4H,1H2,2H3,(H,8,9);4H,2-3,5-6H2,1H3. The molecule has 0 aliphatic carbocycles. The van der Waals surface area contributed by atoms with Crippen molar-refractivity contribution in [2.24, 2.45) is 5.92 Å². The SMILES string of the molecule is C=C(C=CC(=O)O)C(=O)OC.C=CC(=O)OCC(CC)CCCC.C=CC(=O)OCCCC. The van der Waals surface area contributed by atoms with Crippen molar-refractivity contribution in [2.75, 3.05) is 20.3 Å². The number of unbranched alkanes of at least 4 members (excludes halogenated alkanes) is 2. The first-order chi connectivity index (χ1) is 15.6. The van der Waals surface area contributed by atoms with Gasteiger partial charge >= 0.3 is 23.9 Å². The molecule has 8 heteroatoms. The number of esters is 3. The third kappa shape index (κ3) is 26.8. The Morgan fingerprint density at radius 1 is 0.909 bits per heavy atom. The fourth-order valence-corrected chi connectivity index (χ4v) is 1.90. The Morgan fingerprint density at radius 2 is 1.45 bits per heavy atom. The third-order valence-corrected chi connectivity index (χ3v) is 3.95. The second kappa shape index (κ2) is 25.1. The minimum atomic E-state index is -1.13. The summed E-state index contributed by atoms with van der Waals surface area (Å²) in [6, 6.07) is 0. The van der Waals surface area contributed by atoms with Gasteiger partial charge in [0.1, 0.15) is 0 Å². The molecule has 1 N–H and O–H groups in total. The molecule has 0 aliphatic heterocycles. The Kier molecular flexibility index (Phi) is 26.2. The predicted molar refractivity (Wildman–Crippen MR) is 128 cm³/mol. The van der Waals surface area contributed by atoms with Gasteiger partial charge in [0.2, 0.25) is 0 Å². The van der Waals surface area contributed by atoms with Crippen molar-refractivity contribution < 1.29 is 38.5 Å². The van der Waals surface area contributed by atoms with Gasteiger partial charge in [0.05, 0.1) is 25.9 Å². The van der Waals surface area contributed by atoms with E-state index in [0.29, 0.717) is 19.1 Å². The minimum absolute atomic E-state index is 0.00917.